The van der Waals surface area contributed by atoms with Crippen molar-refractivity contribution >= 4 is 27.4 Å². The zero-order valence-electron chi connectivity index (χ0n) is 16.1. The molecule has 31 heavy (non-hydrogen) atoms. The third kappa shape index (κ3) is 6.56. The monoisotopic (exact) mass is 479 g/mol. The Hall–Kier alpha value is -2.35. The van der Waals surface area contributed by atoms with E-state index in [1.54, 1.807) is 6.07 Å². The molecule has 2 heterocycles. The molecule has 1 aromatic heterocycles. The minimum Gasteiger partial charge on any atom is -0.405 e. The lowest BCUT2D eigenvalue weighted by Gasteiger charge is -2.25. The van der Waals surface area contributed by atoms with Gasteiger partial charge in [0.25, 0.3) is 10.0 Å². The van der Waals surface area contributed by atoms with Crippen LogP contribution in [0.25, 0.3) is 0 Å². The van der Waals surface area contributed by atoms with Gasteiger partial charge in [-0.15, -0.1) is 24.5 Å². The van der Waals surface area contributed by atoms with E-state index in [-0.39, 0.29) is 36.0 Å². The summed E-state index contributed by atoms with van der Waals surface area (Å²) in [7, 11) is -3.61. The molecule has 2 N–H and O–H groups in total. The normalized spacial score (nSPS) is 15.5. The maximum Gasteiger partial charge on any atom is 0.573 e. The van der Waals surface area contributed by atoms with Crippen LogP contribution in [-0.4, -0.2) is 51.4 Å². The number of morpholine rings is 1. The van der Waals surface area contributed by atoms with Gasteiger partial charge in [0.05, 0.1) is 19.8 Å². The van der Waals surface area contributed by atoms with Crippen molar-refractivity contribution < 1.29 is 35.9 Å². The quantitative estimate of drug-likeness (QED) is 0.637. The lowest BCUT2D eigenvalue weighted by atomic mass is 10.2. The summed E-state index contributed by atoms with van der Waals surface area (Å²) >= 11 is 1.04. The molecule has 1 aliphatic heterocycles. The van der Waals surface area contributed by atoms with Crippen molar-refractivity contribution in [2.45, 2.75) is 23.7 Å². The number of ether oxygens (including phenoxy) is 2. The second kappa shape index (κ2) is 9.85. The van der Waals surface area contributed by atoms with Crippen molar-refractivity contribution in [2.75, 3.05) is 26.3 Å². The zero-order valence-corrected chi connectivity index (χ0v) is 17.8. The number of sulfonamides is 1. The summed E-state index contributed by atoms with van der Waals surface area (Å²) in [6.07, 6.45) is -4.84. The average molecular weight is 480 g/mol. The number of rotatable bonds is 7. The molecule has 3 rings (SSSR count). The Bertz CT molecular complexity index is 1000. The summed E-state index contributed by atoms with van der Waals surface area (Å²) in [6.45, 7) is 1.15. The number of nitrogens with one attached hydrogen (secondary N) is 2. The first-order chi connectivity index (χ1) is 14.6. The lowest BCUT2D eigenvalue weighted by Crippen LogP contribution is -2.40. The minimum absolute atomic E-state index is 0.0653. The first-order valence-corrected chi connectivity index (χ1v) is 11.4. The summed E-state index contributed by atoms with van der Waals surface area (Å²) in [6, 6.07) is 7.95. The molecule has 0 spiro atoms. The Morgan fingerprint density at radius 2 is 1.77 bits per heavy atom. The van der Waals surface area contributed by atoms with Gasteiger partial charge < -0.3 is 20.1 Å². The third-order valence-corrected chi connectivity index (χ3v) is 7.71. The van der Waals surface area contributed by atoms with Crippen molar-refractivity contribution in [1.29, 1.82) is 0 Å². The molecule has 13 heteroatoms. The summed E-state index contributed by atoms with van der Waals surface area (Å²) in [5.74, 6) is -0.397. The van der Waals surface area contributed by atoms with E-state index in [9.17, 15) is 26.4 Å². The maximum absolute atomic E-state index is 12.6. The Morgan fingerprint density at radius 3 is 2.48 bits per heavy atom. The van der Waals surface area contributed by atoms with Crippen molar-refractivity contribution in [3.63, 3.8) is 0 Å². The number of alkyl halides is 3. The van der Waals surface area contributed by atoms with Gasteiger partial charge in [0, 0.05) is 30.1 Å². The van der Waals surface area contributed by atoms with E-state index in [1.165, 1.54) is 28.6 Å². The highest BCUT2D eigenvalue weighted by molar-refractivity contribution is 7.91. The number of carbonyl (C=O) groups excluding carboxylic acids is 1. The molecule has 0 aliphatic carbocycles. The second-order valence-corrected chi connectivity index (χ2v) is 9.76. The summed E-state index contributed by atoms with van der Waals surface area (Å²) in [5, 5.41) is 5.00. The fraction of sp³-hybridized carbons (Fsp3) is 0.389. The van der Waals surface area contributed by atoms with Gasteiger partial charge in [-0.2, -0.15) is 4.31 Å². The molecule has 0 radical (unpaired) electrons. The van der Waals surface area contributed by atoms with E-state index in [2.05, 4.69) is 15.4 Å². The van der Waals surface area contributed by atoms with Crippen molar-refractivity contribution in [3.8, 4) is 5.75 Å². The van der Waals surface area contributed by atoms with E-state index < -0.39 is 28.2 Å². The van der Waals surface area contributed by atoms with Crippen LogP contribution in [0.2, 0.25) is 0 Å². The number of hydrogen-bond donors (Lipinski definition) is 2. The largest absolute Gasteiger partial charge is 0.573 e. The predicted molar refractivity (Wildman–Crippen MR) is 106 cm³/mol. The molecule has 2 amide bonds. The van der Waals surface area contributed by atoms with Crippen molar-refractivity contribution in [3.05, 3.63) is 46.8 Å². The minimum atomic E-state index is -4.84. The maximum atomic E-state index is 12.6. The van der Waals surface area contributed by atoms with Crippen LogP contribution in [0.5, 0.6) is 5.75 Å². The molecule has 0 unspecified atom stereocenters. The summed E-state index contributed by atoms with van der Waals surface area (Å²) < 4.78 is 73.2. The molecule has 1 saturated heterocycles. The highest BCUT2D eigenvalue weighted by Gasteiger charge is 2.32. The van der Waals surface area contributed by atoms with Crippen LogP contribution < -0.4 is 15.4 Å². The topological polar surface area (TPSA) is 97.0 Å². The third-order valence-electron chi connectivity index (χ3n) is 4.26. The molecular weight excluding hydrogens is 459 g/mol. The molecule has 1 fully saturated rings. The SMILES string of the molecule is O=C(NCc1ccc(S(=O)(=O)N2CCOCC2)s1)NCc1ccccc1OC(F)(F)F. The average Bonchev–Trinajstić information content (AvgIpc) is 3.21. The Morgan fingerprint density at radius 1 is 1.10 bits per heavy atom. The number of amides is 2. The molecule has 0 saturated carbocycles. The standard InChI is InChI=1S/C18H20F3N3O5S2/c19-18(20,21)29-15-4-2-1-3-13(15)11-22-17(25)23-12-14-5-6-16(30-14)31(26,27)24-7-9-28-10-8-24/h1-6H,7-12H2,(H2,22,23,25). The lowest BCUT2D eigenvalue weighted by molar-refractivity contribution is -0.274. The molecule has 8 nitrogen and oxygen atoms in total. The second-order valence-electron chi connectivity index (χ2n) is 6.43. The zero-order chi connectivity index (χ0) is 22.5. The number of carbonyl (C=O) groups is 1. The van der Waals surface area contributed by atoms with E-state index in [0.717, 1.165) is 17.4 Å². The first kappa shape index (κ1) is 23.3. The van der Waals surface area contributed by atoms with Crippen LogP contribution in [0, 0.1) is 0 Å². The molecule has 0 atom stereocenters. The molecule has 1 aromatic carbocycles. The van der Waals surface area contributed by atoms with Gasteiger partial charge in [0.2, 0.25) is 0 Å². The number of benzene rings is 1. The van der Waals surface area contributed by atoms with Crippen LogP contribution >= 0.6 is 11.3 Å². The van der Waals surface area contributed by atoms with E-state index in [4.69, 9.17) is 4.74 Å². The molecule has 170 valence electrons. The van der Waals surface area contributed by atoms with Gasteiger partial charge in [0.15, 0.2) is 0 Å². The number of halogens is 3. The van der Waals surface area contributed by atoms with Crippen molar-refractivity contribution in [2.24, 2.45) is 0 Å². The fourth-order valence-corrected chi connectivity index (χ4v) is 5.64. The smallest absolute Gasteiger partial charge is 0.405 e. The summed E-state index contributed by atoms with van der Waals surface area (Å²) in [4.78, 5) is 12.6. The summed E-state index contributed by atoms with van der Waals surface area (Å²) in [5.41, 5.74) is 0.157. The van der Waals surface area contributed by atoms with Gasteiger partial charge in [-0.3, -0.25) is 0 Å². The Labute approximate surface area is 181 Å². The van der Waals surface area contributed by atoms with Crippen LogP contribution in [0.15, 0.2) is 40.6 Å². The number of nitrogens with zero attached hydrogens (tertiary/aromatic N) is 1. The number of thiophene rings is 1. The van der Waals surface area contributed by atoms with Crippen LogP contribution in [-0.2, 0) is 27.8 Å². The highest BCUT2D eigenvalue weighted by Crippen LogP contribution is 2.27. The van der Waals surface area contributed by atoms with Crippen LogP contribution in [0.4, 0.5) is 18.0 Å². The number of para-hydroxylation sites is 1. The Balaban J connectivity index is 1.52. The molecule has 2 aromatic rings. The van der Waals surface area contributed by atoms with Crippen LogP contribution in [0.1, 0.15) is 10.4 Å². The highest BCUT2D eigenvalue weighted by atomic mass is 32.2. The van der Waals surface area contributed by atoms with E-state index >= 15 is 0 Å². The van der Waals surface area contributed by atoms with Gasteiger partial charge in [0.1, 0.15) is 9.96 Å². The predicted octanol–water partition coefficient (Wildman–Crippen LogP) is 2.67. The van der Waals surface area contributed by atoms with E-state index in [1.807, 2.05) is 0 Å². The first-order valence-electron chi connectivity index (χ1n) is 9.17. The molecule has 0 bridgehead atoms. The van der Waals surface area contributed by atoms with Gasteiger partial charge >= 0.3 is 12.4 Å². The molecular formula is C18H20F3N3O5S2. The van der Waals surface area contributed by atoms with E-state index in [0.29, 0.717) is 18.1 Å². The van der Waals surface area contributed by atoms with Crippen LogP contribution in [0.3, 0.4) is 0 Å². The van der Waals surface area contributed by atoms with Gasteiger partial charge in [-0.1, -0.05) is 18.2 Å². The number of urea groups is 1. The van der Waals surface area contributed by atoms with Gasteiger partial charge in [-0.05, 0) is 18.2 Å². The van der Waals surface area contributed by atoms with Crippen molar-refractivity contribution in [1.82, 2.24) is 14.9 Å². The Kier molecular flexibility index (Phi) is 7.41. The van der Waals surface area contributed by atoms with Gasteiger partial charge in [-0.25, -0.2) is 13.2 Å². The molecule has 1 aliphatic rings. The fourth-order valence-electron chi connectivity index (χ4n) is 2.79. The number of hydrogen-bond acceptors (Lipinski definition) is 6.